The Bertz CT molecular complexity index is 3550. The smallest absolute Gasteiger partial charge is 0.159 e. The summed E-state index contributed by atoms with van der Waals surface area (Å²) in [6.45, 7) is 3.25. The van der Waals surface area contributed by atoms with Crippen molar-refractivity contribution in [3.8, 4) is 11.4 Å². The van der Waals surface area contributed by atoms with E-state index in [-0.39, 0.29) is 6.17 Å². The molecule has 0 bridgehead atoms. The van der Waals surface area contributed by atoms with Gasteiger partial charge in [-0.2, -0.15) is 0 Å². The Morgan fingerprint density at radius 3 is 1.89 bits per heavy atom. The first-order chi connectivity index (χ1) is 30.2. The quantitative estimate of drug-likeness (QED) is 0.151. The SMILES string of the molecule is CCCCn1c2ccccc2c2c1c1ccccc1n2-c1cccc(C2=NC(c3ccccc3)N(C)C(c3cccc(-n4c5ccccc5c5sc6ccccc6c54)c3)=N2)c1. The van der Waals surface area contributed by atoms with Gasteiger partial charge in [0, 0.05) is 62.3 Å². The Morgan fingerprint density at radius 2 is 1.13 bits per heavy atom. The summed E-state index contributed by atoms with van der Waals surface area (Å²) in [5.41, 5.74) is 12.8. The molecule has 0 saturated heterocycles. The molecule has 11 aromatic rings. The van der Waals surface area contributed by atoms with E-state index < -0.39 is 0 Å². The number of aliphatic imine (C=N–C) groups is 2. The number of nitrogens with zero attached hydrogens (tertiary/aromatic N) is 6. The maximum Gasteiger partial charge on any atom is 0.159 e. The number of hydrogen-bond acceptors (Lipinski definition) is 4. The largest absolute Gasteiger partial charge is 0.339 e. The molecule has 1 aliphatic heterocycles. The maximum absolute atomic E-state index is 5.47. The van der Waals surface area contributed by atoms with Crippen LogP contribution in [0.5, 0.6) is 0 Å². The molecular formula is C54H42N6S. The van der Waals surface area contributed by atoms with Crippen molar-refractivity contribution >= 4 is 87.1 Å². The average Bonchev–Trinajstić information content (AvgIpc) is 4.05. The number of hydrogen-bond donors (Lipinski definition) is 0. The standard InChI is InChI=1S/C54H42N6S/c1-3-4-32-58-44-28-12-8-24-40(44)49-48(58)41-25-9-13-29-45(41)59(49)38-22-16-20-36(33-38)52-55-53(35-18-6-5-7-19-35)57(2)54(56-52)37-21-17-23-39(34-37)60-46-30-14-10-26-42(46)51-50(60)43-27-11-15-31-47(43)61-51/h5-31,33-34,53H,3-4,32H2,1-2H3. The van der Waals surface area contributed by atoms with Gasteiger partial charge in [-0.3, -0.25) is 0 Å². The van der Waals surface area contributed by atoms with Gasteiger partial charge >= 0.3 is 0 Å². The summed E-state index contributed by atoms with van der Waals surface area (Å²) in [6, 6.07) is 63.5. The Labute approximate surface area is 357 Å². The van der Waals surface area contributed by atoms with Crippen LogP contribution in [0.3, 0.4) is 0 Å². The first-order valence-electron chi connectivity index (χ1n) is 21.2. The average molecular weight is 807 g/mol. The lowest BCUT2D eigenvalue weighted by Crippen LogP contribution is -2.35. The lowest BCUT2D eigenvalue weighted by Gasteiger charge is -2.32. The van der Waals surface area contributed by atoms with Gasteiger partial charge in [-0.25, -0.2) is 9.98 Å². The number of fused-ring (bicyclic) bond motifs is 10. The molecule has 0 spiro atoms. The Balaban J connectivity index is 1.04. The highest BCUT2D eigenvalue weighted by Crippen LogP contribution is 2.43. The number of amidine groups is 2. The van der Waals surface area contributed by atoms with Crippen molar-refractivity contribution < 1.29 is 0 Å². The van der Waals surface area contributed by atoms with Crippen LogP contribution in [0, 0.1) is 0 Å². The minimum absolute atomic E-state index is 0.272. The molecule has 1 aliphatic rings. The third kappa shape index (κ3) is 5.54. The minimum atomic E-state index is -0.272. The van der Waals surface area contributed by atoms with Crippen LogP contribution in [0.1, 0.15) is 42.6 Å². The van der Waals surface area contributed by atoms with Crippen molar-refractivity contribution in [2.75, 3.05) is 7.05 Å². The summed E-state index contributed by atoms with van der Waals surface area (Å²) in [5, 5.41) is 5.07. The topological polar surface area (TPSA) is 42.8 Å². The molecule has 6 nitrogen and oxygen atoms in total. The Hall–Kier alpha value is -7.22. The molecule has 7 heteroatoms. The summed E-state index contributed by atoms with van der Waals surface area (Å²) in [4.78, 5) is 13.1. The molecule has 5 heterocycles. The van der Waals surface area contributed by atoms with E-state index in [2.05, 4.69) is 208 Å². The Kier molecular flexibility index (Phi) is 8.32. The molecule has 12 rings (SSSR count). The predicted octanol–water partition coefficient (Wildman–Crippen LogP) is 13.7. The highest BCUT2D eigenvalue weighted by atomic mass is 32.1. The summed E-state index contributed by atoms with van der Waals surface area (Å²) < 4.78 is 10.0. The van der Waals surface area contributed by atoms with Crippen LogP contribution in [0.4, 0.5) is 0 Å². The first kappa shape index (κ1) is 35.7. The van der Waals surface area contributed by atoms with Gasteiger partial charge in [-0.05, 0) is 60.5 Å². The van der Waals surface area contributed by atoms with Gasteiger partial charge in [0.25, 0.3) is 0 Å². The lowest BCUT2D eigenvalue weighted by atomic mass is 10.1. The van der Waals surface area contributed by atoms with Crippen molar-refractivity contribution in [3.63, 3.8) is 0 Å². The van der Waals surface area contributed by atoms with Crippen molar-refractivity contribution in [3.05, 3.63) is 193 Å². The van der Waals surface area contributed by atoms with E-state index >= 15 is 0 Å². The van der Waals surface area contributed by atoms with Crippen LogP contribution in [-0.2, 0) is 6.54 Å². The van der Waals surface area contributed by atoms with Gasteiger partial charge in [0.05, 0.1) is 37.8 Å². The molecule has 0 N–H and O–H groups in total. The fourth-order valence-electron chi connectivity index (χ4n) is 9.70. The van der Waals surface area contributed by atoms with E-state index in [1.807, 2.05) is 11.3 Å². The molecule has 294 valence electrons. The van der Waals surface area contributed by atoms with E-state index in [0.29, 0.717) is 5.84 Å². The molecule has 7 aromatic carbocycles. The molecular weight excluding hydrogens is 765 g/mol. The van der Waals surface area contributed by atoms with E-state index in [4.69, 9.17) is 9.98 Å². The van der Waals surface area contributed by atoms with Gasteiger partial charge in [0.15, 0.2) is 5.84 Å². The number of aryl methyl sites for hydroxylation is 1. The molecule has 1 atom stereocenters. The van der Waals surface area contributed by atoms with Crippen LogP contribution in [0.2, 0.25) is 0 Å². The number of benzene rings is 7. The molecule has 1 unspecified atom stereocenters. The van der Waals surface area contributed by atoms with Crippen molar-refractivity contribution in [1.29, 1.82) is 0 Å². The van der Waals surface area contributed by atoms with E-state index in [1.54, 1.807) is 0 Å². The minimum Gasteiger partial charge on any atom is -0.339 e. The summed E-state index contributed by atoms with van der Waals surface area (Å²) in [7, 11) is 2.12. The van der Waals surface area contributed by atoms with E-state index in [0.717, 1.165) is 53.3 Å². The molecule has 4 aromatic heterocycles. The highest BCUT2D eigenvalue weighted by Gasteiger charge is 2.28. The number of rotatable bonds is 8. The fourth-order valence-corrected chi connectivity index (χ4v) is 10.9. The molecule has 0 aliphatic carbocycles. The molecule has 0 saturated carbocycles. The zero-order valence-electron chi connectivity index (χ0n) is 34.0. The monoisotopic (exact) mass is 806 g/mol. The van der Waals surface area contributed by atoms with Crippen LogP contribution >= 0.6 is 11.3 Å². The second-order valence-electron chi connectivity index (χ2n) is 16.1. The van der Waals surface area contributed by atoms with Gasteiger partial charge in [0.1, 0.15) is 12.0 Å². The van der Waals surface area contributed by atoms with E-state index in [9.17, 15) is 0 Å². The zero-order valence-corrected chi connectivity index (χ0v) is 34.8. The highest BCUT2D eigenvalue weighted by molar-refractivity contribution is 7.26. The second-order valence-corrected chi connectivity index (χ2v) is 17.1. The van der Waals surface area contributed by atoms with E-state index in [1.165, 1.54) is 64.0 Å². The first-order valence-corrected chi connectivity index (χ1v) is 22.0. The zero-order chi connectivity index (χ0) is 40.6. The number of para-hydroxylation sites is 3. The summed E-state index contributed by atoms with van der Waals surface area (Å²) in [6.07, 6.45) is 1.99. The number of unbranched alkanes of at least 4 members (excludes halogenated alkanes) is 1. The summed E-state index contributed by atoms with van der Waals surface area (Å²) >= 11 is 1.87. The fraction of sp³-hybridized carbons (Fsp3) is 0.111. The van der Waals surface area contributed by atoms with Crippen molar-refractivity contribution in [2.45, 2.75) is 32.5 Å². The van der Waals surface area contributed by atoms with Crippen molar-refractivity contribution in [1.82, 2.24) is 18.6 Å². The van der Waals surface area contributed by atoms with Crippen LogP contribution < -0.4 is 0 Å². The molecule has 0 amide bonds. The number of aromatic nitrogens is 3. The van der Waals surface area contributed by atoms with Crippen LogP contribution in [0.15, 0.2) is 186 Å². The second kappa shape index (κ2) is 14.2. The predicted molar refractivity (Wildman–Crippen MR) is 257 cm³/mol. The molecule has 0 radical (unpaired) electrons. The van der Waals surface area contributed by atoms with Crippen LogP contribution in [-0.4, -0.2) is 37.3 Å². The van der Waals surface area contributed by atoms with Gasteiger partial charge in [-0.1, -0.05) is 141 Å². The van der Waals surface area contributed by atoms with Crippen molar-refractivity contribution in [2.24, 2.45) is 9.98 Å². The number of thiophene rings is 1. The molecule has 0 fully saturated rings. The maximum atomic E-state index is 5.47. The third-order valence-corrected chi connectivity index (χ3v) is 13.7. The van der Waals surface area contributed by atoms with Gasteiger partial charge in [0.2, 0.25) is 0 Å². The lowest BCUT2D eigenvalue weighted by molar-refractivity contribution is 0.383. The third-order valence-electron chi connectivity index (χ3n) is 12.5. The van der Waals surface area contributed by atoms with Gasteiger partial charge < -0.3 is 18.6 Å². The molecule has 61 heavy (non-hydrogen) atoms. The van der Waals surface area contributed by atoms with Crippen LogP contribution in [0.25, 0.3) is 75.4 Å². The normalized spacial score (nSPS) is 14.6. The van der Waals surface area contributed by atoms with Gasteiger partial charge in [-0.15, -0.1) is 11.3 Å². The Morgan fingerprint density at radius 1 is 0.541 bits per heavy atom. The summed E-state index contributed by atoms with van der Waals surface area (Å²) in [5.74, 6) is 1.59.